The smallest absolute Gasteiger partial charge is 0.211 e. The summed E-state index contributed by atoms with van der Waals surface area (Å²) >= 11 is 0. The van der Waals surface area contributed by atoms with Gasteiger partial charge >= 0.3 is 12.4 Å². The first-order valence-corrected chi connectivity index (χ1v) is 3.83. The van der Waals surface area contributed by atoms with Crippen molar-refractivity contribution in [1.82, 2.24) is 0 Å². The Morgan fingerprint density at radius 2 is 1.06 bits per heavy atom. The summed E-state index contributed by atoms with van der Waals surface area (Å²) in [6.07, 6.45) is -10.4. The highest BCUT2D eigenvalue weighted by molar-refractivity contribution is 5.34. The third-order valence-electron chi connectivity index (χ3n) is 1.91. The fraction of sp³-hybridized carbons (Fsp3) is 0.714. The van der Waals surface area contributed by atoms with E-state index in [0.717, 1.165) is 0 Å². The van der Waals surface area contributed by atoms with Crippen LogP contribution in [0.4, 0.5) is 26.3 Å². The van der Waals surface area contributed by atoms with Gasteiger partial charge in [-0.15, -0.1) is 0 Å². The van der Waals surface area contributed by atoms with Gasteiger partial charge in [-0.1, -0.05) is 0 Å². The Morgan fingerprint density at radius 3 is 1.24 bits per heavy atom. The summed E-state index contributed by atoms with van der Waals surface area (Å²) < 4.78 is 74.5. The van der Waals surface area contributed by atoms with Crippen LogP contribution >= 0.6 is 0 Å². The molecule has 96 valence electrons. The Kier molecular flexibility index (Phi) is 4.61. The highest BCUT2D eigenvalue weighted by atomic mass is 19.4. The van der Waals surface area contributed by atoms with E-state index < -0.39 is 30.9 Å². The molecule has 10 heteroatoms. The van der Waals surface area contributed by atoms with Crippen LogP contribution in [0.1, 0.15) is 0 Å². The van der Waals surface area contributed by atoms with Gasteiger partial charge in [0.05, 0.1) is 13.1 Å². The van der Waals surface area contributed by atoms with Gasteiger partial charge in [0.25, 0.3) is 0 Å². The van der Waals surface area contributed by atoms with Crippen LogP contribution in [0.3, 0.4) is 0 Å². The van der Waals surface area contributed by atoms with Crippen molar-refractivity contribution in [3.8, 4) is 0 Å². The SMILES string of the molecule is O=C=NCC(CN=C=O)(C(F)(F)F)C(F)(F)F. The molecule has 0 fully saturated rings. The third kappa shape index (κ3) is 3.15. The largest absolute Gasteiger partial charge is 0.406 e. The van der Waals surface area contributed by atoms with E-state index in [1.54, 1.807) is 0 Å². The molecule has 0 aliphatic heterocycles. The zero-order valence-corrected chi connectivity index (χ0v) is 7.89. The number of hydrogen-bond acceptors (Lipinski definition) is 4. The maximum absolute atomic E-state index is 12.4. The van der Waals surface area contributed by atoms with Gasteiger partial charge in [0.1, 0.15) is 0 Å². The van der Waals surface area contributed by atoms with Crippen LogP contribution in [0, 0.1) is 5.41 Å². The minimum atomic E-state index is -5.77. The quantitative estimate of drug-likeness (QED) is 0.440. The summed E-state index contributed by atoms with van der Waals surface area (Å²) in [5, 5.41) is 0. The Bertz CT molecular complexity index is 326. The second-order valence-electron chi connectivity index (χ2n) is 2.89. The van der Waals surface area contributed by atoms with E-state index in [0.29, 0.717) is 12.2 Å². The van der Waals surface area contributed by atoms with Gasteiger partial charge in [0.15, 0.2) is 0 Å². The average molecular weight is 262 g/mol. The van der Waals surface area contributed by atoms with Crippen molar-refractivity contribution in [3.63, 3.8) is 0 Å². The number of halogens is 6. The summed E-state index contributed by atoms with van der Waals surface area (Å²) in [4.78, 5) is 23.9. The monoisotopic (exact) mass is 262 g/mol. The van der Waals surface area contributed by atoms with Crippen molar-refractivity contribution in [3.05, 3.63) is 0 Å². The number of carbonyl (C=O) groups excluding carboxylic acids is 2. The minimum absolute atomic E-state index is 0.578. The lowest BCUT2D eigenvalue weighted by Crippen LogP contribution is -2.54. The molecule has 0 unspecified atom stereocenters. The molecule has 0 N–H and O–H groups in total. The number of rotatable bonds is 4. The van der Waals surface area contributed by atoms with Crippen LogP contribution in [0.5, 0.6) is 0 Å². The lowest BCUT2D eigenvalue weighted by Gasteiger charge is -2.33. The van der Waals surface area contributed by atoms with Crippen molar-refractivity contribution in [2.24, 2.45) is 15.4 Å². The van der Waals surface area contributed by atoms with Crippen molar-refractivity contribution in [2.75, 3.05) is 13.1 Å². The fourth-order valence-electron chi connectivity index (χ4n) is 0.904. The van der Waals surface area contributed by atoms with Gasteiger partial charge in [-0.05, 0) is 0 Å². The number of aliphatic imine (C=N–C) groups is 2. The van der Waals surface area contributed by atoms with Gasteiger partial charge in [-0.25, -0.2) is 19.6 Å². The van der Waals surface area contributed by atoms with Crippen LogP contribution < -0.4 is 0 Å². The molecule has 0 amide bonds. The van der Waals surface area contributed by atoms with E-state index in [9.17, 15) is 35.9 Å². The van der Waals surface area contributed by atoms with E-state index in [1.807, 2.05) is 0 Å². The topological polar surface area (TPSA) is 58.9 Å². The molecule has 0 heterocycles. The summed E-state index contributed by atoms with van der Waals surface area (Å²) in [6, 6.07) is 0. The molecule has 0 aliphatic rings. The maximum Gasteiger partial charge on any atom is 0.406 e. The van der Waals surface area contributed by atoms with Gasteiger partial charge in [-0.3, -0.25) is 0 Å². The summed E-state index contributed by atoms with van der Waals surface area (Å²) in [5.74, 6) is 0. The lowest BCUT2D eigenvalue weighted by molar-refractivity contribution is -0.332. The molecular weight excluding hydrogens is 258 g/mol. The highest BCUT2D eigenvalue weighted by Crippen LogP contribution is 2.50. The first-order chi connectivity index (χ1) is 7.62. The summed E-state index contributed by atoms with van der Waals surface area (Å²) in [6.45, 7) is -3.87. The van der Waals surface area contributed by atoms with Gasteiger partial charge in [0, 0.05) is 0 Å². The zero-order valence-electron chi connectivity index (χ0n) is 7.89. The lowest BCUT2D eigenvalue weighted by atomic mass is 9.86. The number of alkyl halides is 6. The predicted octanol–water partition coefficient (Wildman–Crippen LogP) is 1.77. The molecule has 0 atom stereocenters. The van der Waals surface area contributed by atoms with Gasteiger partial charge < -0.3 is 0 Å². The molecule has 4 nitrogen and oxygen atoms in total. The average Bonchev–Trinajstić information content (AvgIpc) is 2.14. The Morgan fingerprint density at radius 1 is 0.765 bits per heavy atom. The number of isocyanates is 2. The third-order valence-corrected chi connectivity index (χ3v) is 1.91. The van der Waals surface area contributed by atoms with E-state index in [1.165, 1.54) is 0 Å². The predicted molar refractivity (Wildman–Crippen MR) is 40.5 cm³/mol. The molecular formula is C7H4F6N2O2. The molecule has 0 aromatic heterocycles. The highest BCUT2D eigenvalue weighted by Gasteiger charge is 2.70. The first-order valence-electron chi connectivity index (χ1n) is 3.83. The van der Waals surface area contributed by atoms with Crippen LogP contribution in [0.25, 0.3) is 0 Å². The molecule has 0 saturated carbocycles. The molecule has 0 aliphatic carbocycles. The Balaban J connectivity index is 5.69. The van der Waals surface area contributed by atoms with E-state index in [4.69, 9.17) is 0 Å². The van der Waals surface area contributed by atoms with Crippen molar-refractivity contribution < 1.29 is 35.9 Å². The van der Waals surface area contributed by atoms with Crippen molar-refractivity contribution >= 4 is 12.2 Å². The van der Waals surface area contributed by atoms with E-state index in [-0.39, 0.29) is 0 Å². The van der Waals surface area contributed by atoms with Crippen LogP contribution in [-0.2, 0) is 9.59 Å². The molecule has 0 radical (unpaired) electrons. The zero-order chi connectivity index (χ0) is 13.7. The van der Waals surface area contributed by atoms with Crippen LogP contribution in [0.15, 0.2) is 9.98 Å². The standard InChI is InChI=1S/C7H4F6N2O2/c8-6(9,10)5(1-14-3-16,2-15-4-17)7(11,12)13/h1-2H2. The Hall–Kier alpha value is -1.66. The van der Waals surface area contributed by atoms with Gasteiger partial charge in [-0.2, -0.15) is 26.3 Å². The number of hydrogen-bond donors (Lipinski definition) is 0. The normalized spacial score (nSPS) is 12.6. The molecule has 0 rings (SSSR count). The maximum atomic E-state index is 12.4. The molecule has 0 aromatic rings. The first kappa shape index (κ1) is 15.3. The second-order valence-corrected chi connectivity index (χ2v) is 2.89. The molecule has 0 saturated heterocycles. The molecule has 0 bridgehead atoms. The second kappa shape index (κ2) is 5.11. The number of nitrogens with zero attached hydrogens (tertiary/aromatic N) is 2. The van der Waals surface area contributed by atoms with Gasteiger partial charge in [0.2, 0.25) is 17.6 Å². The summed E-state index contributed by atoms with van der Waals surface area (Å²) in [5.41, 5.74) is -4.38. The molecule has 0 aromatic carbocycles. The van der Waals surface area contributed by atoms with Crippen molar-refractivity contribution in [2.45, 2.75) is 12.4 Å². The van der Waals surface area contributed by atoms with Crippen molar-refractivity contribution in [1.29, 1.82) is 0 Å². The van der Waals surface area contributed by atoms with E-state index >= 15 is 0 Å². The molecule has 17 heavy (non-hydrogen) atoms. The molecule has 0 spiro atoms. The minimum Gasteiger partial charge on any atom is -0.211 e. The van der Waals surface area contributed by atoms with Crippen LogP contribution in [-0.4, -0.2) is 37.6 Å². The fourth-order valence-corrected chi connectivity index (χ4v) is 0.904. The van der Waals surface area contributed by atoms with E-state index in [2.05, 4.69) is 9.98 Å². The van der Waals surface area contributed by atoms with Crippen LogP contribution in [0.2, 0.25) is 0 Å². The summed E-state index contributed by atoms with van der Waals surface area (Å²) in [7, 11) is 0. The Labute approximate surface area is 90.0 Å².